The van der Waals surface area contributed by atoms with Gasteiger partial charge in [0, 0.05) is 29.8 Å². The van der Waals surface area contributed by atoms with Gasteiger partial charge >= 0.3 is 0 Å². The predicted octanol–water partition coefficient (Wildman–Crippen LogP) is 4.59. The van der Waals surface area contributed by atoms with Crippen molar-refractivity contribution in [2.24, 2.45) is 15.3 Å². The highest BCUT2D eigenvalue weighted by atomic mass is 32.2. The SMILES string of the molecule is CC(=O)Nc1cc(S(=O)(=O)O)cc2c1C(=O)C=C(S(=O)(=O)O)/C2=N\Nc1ccc(C(=O)Nc2ccc(N=Nc3ccc(S(=O)(=O)O)cc3)cc2)cc1. The van der Waals surface area contributed by atoms with E-state index in [-0.39, 0.29) is 27.4 Å². The molecule has 0 unspecified atom stereocenters. The summed E-state index contributed by atoms with van der Waals surface area (Å²) in [6.07, 6.45) is 0.535. The average Bonchev–Trinajstić information content (AvgIpc) is 3.06. The minimum absolute atomic E-state index is 0.174. The van der Waals surface area contributed by atoms with Crippen molar-refractivity contribution in [1.82, 2.24) is 0 Å². The number of carbonyl (C=O) groups excluding carboxylic acids is 3. The number of carbonyl (C=O) groups is 3. The zero-order valence-electron chi connectivity index (χ0n) is 26.2. The molecule has 0 radical (unpaired) electrons. The highest BCUT2D eigenvalue weighted by Gasteiger charge is 2.34. The number of ketones is 1. The van der Waals surface area contributed by atoms with Crippen LogP contribution < -0.4 is 16.1 Å². The summed E-state index contributed by atoms with van der Waals surface area (Å²) in [5.41, 5.74) is 2.17. The number of hydrogen-bond donors (Lipinski definition) is 6. The summed E-state index contributed by atoms with van der Waals surface area (Å²) in [6, 6.07) is 18.4. The molecule has 4 aromatic rings. The van der Waals surface area contributed by atoms with Crippen molar-refractivity contribution in [3.05, 3.63) is 113 Å². The fourth-order valence-electron chi connectivity index (χ4n) is 4.64. The summed E-state index contributed by atoms with van der Waals surface area (Å²) < 4.78 is 99.4. The molecule has 268 valence electrons. The number of fused-ring (bicyclic) bond motifs is 1. The standard InChI is InChI=1S/C31H24N6O12S3/c1-17(38)32-26-15-24(51(44,45)46)14-25-29(26)27(39)16-28(52(47,48)49)30(25)37-36-20-4-2-18(3-5-20)31(40)33-19-6-8-21(9-7-19)34-35-22-10-12-23(13-11-22)50(41,42)43/h2-16,36H,1H3,(H,32,38)(H,33,40)(H,41,42,43)(H,44,45,46)(H,47,48,49)/b35-34?,37-30-. The topological polar surface area (TPSA) is 287 Å². The maximum atomic E-state index is 12.9. The number of nitrogens with one attached hydrogen (secondary N) is 3. The predicted molar refractivity (Wildman–Crippen MR) is 186 cm³/mol. The Morgan fingerprint density at radius 2 is 1.19 bits per heavy atom. The van der Waals surface area contributed by atoms with E-state index in [1.54, 1.807) is 24.3 Å². The lowest BCUT2D eigenvalue weighted by molar-refractivity contribution is -0.114. The first-order valence-corrected chi connectivity index (χ1v) is 18.6. The van der Waals surface area contributed by atoms with E-state index in [4.69, 9.17) is 4.55 Å². The zero-order valence-corrected chi connectivity index (χ0v) is 28.7. The van der Waals surface area contributed by atoms with Crippen molar-refractivity contribution in [2.75, 3.05) is 16.1 Å². The van der Waals surface area contributed by atoms with Crippen LogP contribution in [0, 0.1) is 0 Å². The summed E-state index contributed by atoms with van der Waals surface area (Å²) in [5.74, 6) is -2.27. The van der Waals surface area contributed by atoms with E-state index in [9.17, 15) is 48.7 Å². The van der Waals surface area contributed by atoms with Gasteiger partial charge in [0.05, 0.1) is 38.1 Å². The minimum Gasteiger partial charge on any atom is -0.326 e. The molecule has 5 rings (SSSR count). The molecule has 6 N–H and O–H groups in total. The molecule has 0 aromatic heterocycles. The maximum Gasteiger partial charge on any atom is 0.296 e. The minimum atomic E-state index is -5.13. The lowest BCUT2D eigenvalue weighted by Gasteiger charge is -2.21. The number of anilines is 3. The molecule has 18 nitrogen and oxygen atoms in total. The maximum absolute atomic E-state index is 12.9. The quantitative estimate of drug-likeness (QED) is 0.0732. The molecule has 2 amide bonds. The van der Waals surface area contributed by atoms with Crippen LogP contribution in [0.4, 0.5) is 28.4 Å². The van der Waals surface area contributed by atoms with Gasteiger partial charge in [0.25, 0.3) is 36.3 Å². The molecule has 0 saturated carbocycles. The van der Waals surface area contributed by atoms with Gasteiger partial charge in [-0.15, -0.1) is 0 Å². The van der Waals surface area contributed by atoms with Gasteiger partial charge in [-0.2, -0.15) is 40.6 Å². The van der Waals surface area contributed by atoms with Crippen LogP contribution >= 0.6 is 0 Å². The zero-order chi connectivity index (χ0) is 38.0. The van der Waals surface area contributed by atoms with Gasteiger partial charge < -0.3 is 10.6 Å². The van der Waals surface area contributed by atoms with Crippen LogP contribution in [-0.4, -0.2) is 62.2 Å². The van der Waals surface area contributed by atoms with Crippen LogP contribution in [-0.2, 0) is 35.1 Å². The molecule has 0 bridgehead atoms. The molecule has 0 fully saturated rings. The molecule has 0 spiro atoms. The van der Waals surface area contributed by atoms with Crippen molar-refractivity contribution in [2.45, 2.75) is 16.7 Å². The van der Waals surface area contributed by atoms with Gasteiger partial charge in [-0.05, 0) is 84.9 Å². The van der Waals surface area contributed by atoms with Gasteiger partial charge in [0.15, 0.2) is 5.78 Å². The second-order valence-electron chi connectivity index (χ2n) is 10.7. The number of benzene rings is 4. The molecule has 0 atom stereocenters. The molecule has 1 aliphatic carbocycles. The van der Waals surface area contributed by atoms with Crippen LogP contribution in [0.1, 0.15) is 33.2 Å². The second-order valence-corrected chi connectivity index (χ2v) is 15.0. The van der Waals surface area contributed by atoms with Crippen LogP contribution in [0.5, 0.6) is 0 Å². The van der Waals surface area contributed by atoms with Gasteiger partial charge in [-0.1, -0.05) is 0 Å². The third-order valence-electron chi connectivity index (χ3n) is 6.98. The summed E-state index contributed by atoms with van der Waals surface area (Å²) >= 11 is 0. The van der Waals surface area contributed by atoms with E-state index in [0.29, 0.717) is 23.1 Å². The van der Waals surface area contributed by atoms with E-state index in [1.165, 1.54) is 48.5 Å². The molecule has 0 heterocycles. The van der Waals surface area contributed by atoms with Crippen LogP contribution in [0.3, 0.4) is 0 Å². The third kappa shape index (κ3) is 8.84. The molecule has 4 aromatic carbocycles. The monoisotopic (exact) mass is 768 g/mol. The highest BCUT2D eigenvalue weighted by molar-refractivity contribution is 7.91. The van der Waals surface area contributed by atoms with Gasteiger partial charge in [0.2, 0.25) is 5.91 Å². The number of nitrogens with zero attached hydrogens (tertiary/aromatic N) is 3. The largest absolute Gasteiger partial charge is 0.326 e. The van der Waals surface area contributed by atoms with Crippen LogP contribution in [0.25, 0.3) is 0 Å². The van der Waals surface area contributed by atoms with Gasteiger partial charge in [-0.25, -0.2) is 0 Å². The molecule has 1 aliphatic rings. The number of hydrogen-bond acceptors (Lipinski definition) is 13. The Morgan fingerprint density at radius 1 is 0.654 bits per heavy atom. The van der Waals surface area contributed by atoms with E-state index in [1.807, 2.05) is 0 Å². The smallest absolute Gasteiger partial charge is 0.296 e. The Kier molecular flexibility index (Phi) is 10.3. The first-order valence-electron chi connectivity index (χ1n) is 14.3. The lowest BCUT2D eigenvalue weighted by atomic mass is 9.92. The summed E-state index contributed by atoms with van der Waals surface area (Å²) in [4.78, 5) is 35.5. The molecule has 21 heteroatoms. The summed E-state index contributed by atoms with van der Waals surface area (Å²) in [7, 11) is -14.4. The van der Waals surface area contributed by atoms with Crippen molar-refractivity contribution in [3.8, 4) is 0 Å². The molecule has 0 saturated heterocycles. The number of allylic oxidation sites excluding steroid dienone is 2. The van der Waals surface area contributed by atoms with Crippen molar-refractivity contribution >= 4 is 82.1 Å². The molecule has 52 heavy (non-hydrogen) atoms. The number of hydrazone groups is 1. The fourth-order valence-corrected chi connectivity index (χ4v) is 6.31. The van der Waals surface area contributed by atoms with Gasteiger partial charge in [0.1, 0.15) is 10.6 Å². The van der Waals surface area contributed by atoms with Crippen molar-refractivity contribution in [3.63, 3.8) is 0 Å². The average molecular weight is 769 g/mol. The fraction of sp³-hybridized carbons (Fsp3) is 0.0323. The first kappa shape index (κ1) is 37.3. The van der Waals surface area contributed by atoms with Gasteiger partial charge in [-0.3, -0.25) is 33.5 Å². The Labute approximate surface area is 295 Å². The van der Waals surface area contributed by atoms with Crippen LogP contribution in [0.15, 0.2) is 121 Å². The molecular weight excluding hydrogens is 745 g/mol. The van der Waals surface area contributed by atoms with E-state index in [0.717, 1.165) is 19.1 Å². The molecular formula is C31H24N6O12S3. The summed E-state index contributed by atoms with van der Waals surface area (Å²) in [6.45, 7) is 1.06. The van der Waals surface area contributed by atoms with Crippen molar-refractivity contribution in [1.29, 1.82) is 0 Å². The Balaban J connectivity index is 1.34. The normalized spacial score (nSPS) is 14.1. The second kappa shape index (κ2) is 14.3. The molecule has 0 aliphatic heterocycles. The van der Waals surface area contributed by atoms with E-state index in [2.05, 4.69) is 31.4 Å². The highest BCUT2D eigenvalue weighted by Crippen LogP contribution is 2.33. The third-order valence-corrected chi connectivity index (χ3v) is 9.55. The Hall–Kier alpha value is -5.97. The Morgan fingerprint density at radius 3 is 1.71 bits per heavy atom. The number of azo groups is 1. The van der Waals surface area contributed by atoms with Crippen molar-refractivity contribution < 1.29 is 53.3 Å². The lowest BCUT2D eigenvalue weighted by Crippen LogP contribution is -2.26. The summed E-state index contributed by atoms with van der Waals surface area (Å²) in [5, 5.41) is 16.9. The number of rotatable bonds is 10. The van der Waals surface area contributed by atoms with E-state index >= 15 is 0 Å². The Bertz CT molecular complexity index is 2550. The van der Waals surface area contributed by atoms with Crippen LogP contribution in [0.2, 0.25) is 0 Å². The van der Waals surface area contributed by atoms with E-state index < -0.39 is 69.0 Å². The number of amides is 2. The first-order chi connectivity index (χ1) is 24.3.